The van der Waals surface area contributed by atoms with Crippen molar-refractivity contribution in [3.05, 3.63) is 57.5 Å². The quantitative estimate of drug-likeness (QED) is 0.704. The number of halogens is 2. The van der Waals surface area contributed by atoms with Gasteiger partial charge in [0.25, 0.3) is 11.8 Å². The zero-order valence-electron chi connectivity index (χ0n) is 14.1. The van der Waals surface area contributed by atoms with E-state index in [1.165, 1.54) is 0 Å². The van der Waals surface area contributed by atoms with Crippen LogP contribution >= 0.6 is 27.5 Å². The monoisotopic (exact) mass is 436 g/mol. The molecule has 2 amide bonds. The first-order valence-electron chi connectivity index (χ1n) is 8.26. The fourth-order valence-electron chi connectivity index (χ4n) is 2.26. The second-order valence-corrected chi connectivity index (χ2v) is 7.44. The van der Waals surface area contributed by atoms with Gasteiger partial charge >= 0.3 is 0 Å². The van der Waals surface area contributed by atoms with Gasteiger partial charge in [0.2, 0.25) is 0 Å². The molecule has 1 fully saturated rings. The Morgan fingerprint density at radius 1 is 1.19 bits per heavy atom. The van der Waals surface area contributed by atoms with Crippen molar-refractivity contribution in [2.45, 2.75) is 31.9 Å². The predicted octanol–water partition coefficient (Wildman–Crippen LogP) is 4.40. The van der Waals surface area contributed by atoms with E-state index < -0.39 is 6.10 Å². The average Bonchev–Trinajstić information content (AvgIpc) is 3.41. The third-order valence-corrected chi connectivity index (χ3v) is 4.75. The van der Waals surface area contributed by atoms with Gasteiger partial charge in [-0.3, -0.25) is 9.59 Å². The van der Waals surface area contributed by atoms with Crippen molar-refractivity contribution in [3.63, 3.8) is 0 Å². The third-order valence-electron chi connectivity index (χ3n) is 3.89. The largest absolute Gasteiger partial charge is 0.480 e. The molecular formula is C19H18BrClN2O3. The van der Waals surface area contributed by atoms with Crippen LogP contribution in [0.3, 0.4) is 0 Å². The maximum absolute atomic E-state index is 12.3. The Labute approximate surface area is 165 Å². The SMILES string of the molecule is CC(Oc1ccc(Cl)cc1Br)C(=O)Nc1ccc(C(=O)NC2CC2)cc1. The van der Waals surface area contributed by atoms with Crippen molar-refractivity contribution >= 4 is 45.0 Å². The minimum Gasteiger partial charge on any atom is -0.480 e. The highest BCUT2D eigenvalue weighted by molar-refractivity contribution is 9.10. The van der Waals surface area contributed by atoms with Crippen LogP contribution in [0.5, 0.6) is 5.75 Å². The van der Waals surface area contributed by atoms with Crippen LogP contribution < -0.4 is 15.4 Å². The molecule has 5 nitrogen and oxygen atoms in total. The maximum atomic E-state index is 12.3. The van der Waals surface area contributed by atoms with Crippen molar-refractivity contribution in [1.82, 2.24) is 5.32 Å². The maximum Gasteiger partial charge on any atom is 0.265 e. The number of rotatable bonds is 6. The van der Waals surface area contributed by atoms with E-state index in [4.69, 9.17) is 16.3 Å². The van der Waals surface area contributed by atoms with E-state index in [0.29, 0.717) is 32.5 Å². The van der Waals surface area contributed by atoms with Gasteiger partial charge in [-0.15, -0.1) is 0 Å². The molecule has 26 heavy (non-hydrogen) atoms. The van der Waals surface area contributed by atoms with E-state index >= 15 is 0 Å². The lowest BCUT2D eigenvalue weighted by atomic mass is 10.2. The Hall–Kier alpha value is -2.05. The van der Waals surface area contributed by atoms with Crippen LogP contribution in [0.15, 0.2) is 46.9 Å². The van der Waals surface area contributed by atoms with Crippen LogP contribution in [0.4, 0.5) is 5.69 Å². The van der Waals surface area contributed by atoms with Crippen LogP contribution in [0.25, 0.3) is 0 Å². The van der Waals surface area contributed by atoms with Gasteiger partial charge in [0.1, 0.15) is 5.75 Å². The number of ether oxygens (including phenoxy) is 1. The fourth-order valence-corrected chi connectivity index (χ4v) is 3.04. The Bertz CT molecular complexity index is 822. The van der Waals surface area contributed by atoms with Crippen LogP contribution in [-0.4, -0.2) is 24.0 Å². The van der Waals surface area contributed by atoms with Gasteiger partial charge in [-0.2, -0.15) is 0 Å². The highest BCUT2D eigenvalue weighted by Gasteiger charge is 2.23. The summed E-state index contributed by atoms with van der Waals surface area (Å²) in [5, 5.41) is 6.28. The summed E-state index contributed by atoms with van der Waals surface area (Å²) in [6.07, 6.45) is 1.38. The zero-order valence-corrected chi connectivity index (χ0v) is 16.4. The summed E-state index contributed by atoms with van der Waals surface area (Å²) in [7, 11) is 0. The number of benzene rings is 2. The molecule has 7 heteroatoms. The molecule has 1 aliphatic carbocycles. The van der Waals surface area contributed by atoms with Gasteiger partial charge in [0.15, 0.2) is 6.10 Å². The molecule has 1 unspecified atom stereocenters. The minimum absolute atomic E-state index is 0.0883. The summed E-state index contributed by atoms with van der Waals surface area (Å²) in [5.41, 5.74) is 1.17. The number of amides is 2. The van der Waals surface area contributed by atoms with Crippen LogP contribution in [-0.2, 0) is 4.79 Å². The van der Waals surface area contributed by atoms with Gasteiger partial charge in [-0.25, -0.2) is 0 Å². The molecule has 0 aliphatic heterocycles. The lowest BCUT2D eigenvalue weighted by Crippen LogP contribution is -2.30. The number of carbonyl (C=O) groups excluding carboxylic acids is 2. The van der Waals surface area contributed by atoms with E-state index in [9.17, 15) is 9.59 Å². The molecule has 2 aromatic carbocycles. The van der Waals surface area contributed by atoms with E-state index in [0.717, 1.165) is 12.8 Å². The molecule has 0 spiro atoms. The summed E-state index contributed by atoms with van der Waals surface area (Å²) >= 11 is 9.25. The Morgan fingerprint density at radius 3 is 2.50 bits per heavy atom. The van der Waals surface area contributed by atoms with Gasteiger partial charge in [-0.05, 0) is 78.2 Å². The normalized spacial score (nSPS) is 14.4. The highest BCUT2D eigenvalue weighted by Crippen LogP contribution is 2.29. The van der Waals surface area contributed by atoms with E-state index in [1.807, 2.05) is 0 Å². The summed E-state index contributed by atoms with van der Waals surface area (Å²) in [5.74, 6) is 0.154. The Balaban J connectivity index is 1.57. The topological polar surface area (TPSA) is 67.4 Å². The molecule has 0 heterocycles. The van der Waals surface area contributed by atoms with Crippen molar-refractivity contribution < 1.29 is 14.3 Å². The number of carbonyl (C=O) groups is 2. The van der Waals surface area contributed by atoms with Gasteiger partial charge in [0, 0.05) is 22.3 Å². The minimum atomic E-state index is -0.703. The fraction of sp³-hybridized carbons (Fsp3) is 0.263. The van der Waals surface area contributed by atoms with Crippen LogP contribution in [0.2, 0.25) is 5.02 Å². The first kappa shape index (κ1) is 18.7. The summed E-state index contributed by atoms with van der Waals surface area (Å²) in [4.78, 5) is 24.3. The molecule has 1 aliphatic rings. The van der Waals surface area contributed by atoms with Crippen LogP contribution in [0.1, 0.15) is 30.1 Å². The van der Waals surface area contributed by atoms with Crippen molar-refractivity contribution in [1.29, 1.82) is 0 Å². The van der Waals surface area contributed by atoms with Crippen molar-refractivity contribution in [3.8, 4) is 5.75 Å². The first-order valence-corrected chi connectivity index (χ1v) is 9.43. The molecule has 0 bridgehead atoms. The summed E-state index contributed by atoms with van der Waals surface area (Å²) in [6, 6.07) is 12.2. The van der Waals surface area contributed by atoms with Gasteiger partial charge < -0.3 is 15.4 Å². The van der Waals surface area contributed by atoms with Gasteiger partial charge in [0.05, 0.1) is 4.47 Å². The third kappa shape index (κ3) is 4.99. The average molecular weight is 438 g/mol. The van der Waals surface area contributed by atoms with Gasteiger partial charge in [-0.1, -0.05) is 11.6 Å². The molecule has 2 aromatic rings. The Kier molecular flexibility index (Phi) is 5.84. The molecule has 0 radical (unpaired) electrons. The summed E-state index contributed by atoms with van der Waals surface area (Å²) < 4.78 is 6.34. The highest BCUT2D eigenvalue weighted by atomic mass is 79.9. The second-order valence-electron chi connectivity index (χ2n) is 6.15. The van der Waals surface area contributed by atoms with E-state index in [-0.39, 0.29) is 11.8 Å². The molecule has 2 N–H and O–H groups in total. The van der Waals surface area contributed by atoms with Crippen molar-refractivity contribution in [2.75, 3.05) is 5.32 Å². The second kappa shape index (κ2) is 8.10. The molecule has 0 saturated heterocycles. The standard InChI is InChI=1S/C19H18BrClN2O3/c1-11(26-17-9-4-13(21)10-16(17)20)18(24)22-14-5-2-12(3-6-14)19(25)23-15-7-8-15/h2-6,9-11,15H,7-8H2,1H3,(H,22,24)(H,23,25). The number of anilines is 1. The number of nitrogens with one attached hydrogen (secondary N) is 2. The number of hydrogen-bond acceptors (Lipinski definition) is 3. The lowest BCUT2D eigenvalue weighted by molar-refractivity contribution is -0.122. The first-order chi connectivity index (χ1) is 12.4. The smallest absolute Gasteiger partial charge is 0.265 e. The van der Waals surface area contributed by atoms with Crippen molar-refractivity contribution in [2.24, 2.45) is 0 Å². The molecule has 1 saturated carbocycles. The van der Waals surface area contributed by atoms with Crippen LogP contribution in [0, 0.1) is 0 Å². The van der Waals surface area contributed by atoms with E-state index in [1.54, 1.807) is 49.4 Å². The zero-order chi connectivity index (χ0) is 18.7. The summed E-state index contributed by atoms with van der Waals surface area (Å²) in [6.45, 7) is 1.66. The molecular weight excluding hydrogens is 420 g/mol. The predicted molar refractivity (Wildman–Crippen MR) is 105 cm³/mol. The molecule has 136 valence electrons. The number of hydrogen-bond donors (Lipinski definition) is 2. The molecule has 0 aromatic heterocycles. The Morgan fingerprint density at radius 2 is 1.88 bits per heavy atom. The van der Waals surface area contributed by atoms with E-state index in [2.05, 4.69) is 26.6 Å². The lowest BCUT2D eigenvalue weighted by Gasteiger charge is -2.16. The molecule has 1 atom stereocenters. The molecule has 3 rings (SSSR count).